The normalized spacial score (nSPS) is 18.5. The summed E-state index contributed by atoms with van der Waals surface area (Å²) in [6.07, 6.45) is 3.50. The molecule has 0 aliphatic carbocycles. The molecule has 0 bridgehead atoms. The first-order valence-corrected chi connectivity index (χ1v) is 12.6. The highest BCUT2D eigenvalue weighted by Gasteiger charge is 2.30. The number of hydrogen-bond acceptors (Lipinski definition) is 4. The van der Waals surface area contributed by atoms with Crippen LogP contribution in [-0.2, 0) is 21.2 Å². The average molecular weight is 438 g/mol. The van der Waals surface area contributed by atoms with E-state index in [4.69, 9.17) is 0 Å². The largest absolute Gasteiger partial charge is 0.354 e. The van der Waals surface area contributed by atoms with Crippen molar-refractivity contribution in [2.24, 2.45) is 5.92 Å². The van der Waals surface area contributed by atoms with Crippen LogP contribution < -0.4 is 5.32 Å². The molecule has 7 heteroatoms. The van der Waals surface area contributed by atoms with Gasteiger partial charge in [0.05, 0.1) is 4.90 Å². The van der Waals surface area contributed by atoms with E-state index in [1.54, 1.807) is 12.1 Å². The zero-order chi connectivity index (χ0) is 22.4. The van der Waals surface area contributed by atoms with Crippen LogP contribution in [0.4, 0.5) is 0 Å². The van der Waals surface area contributed by atoms with E-state index in [0.29, 0.717) is 43.3 Å². The Morgan fingerprint density at radius 1 is 1.20 bits per heavy atom. The molecule has 0 saturated carbocycles. The summed E-state index contributed by atoms with van der Waals surface area (Å²) in [6, 6.07) is 6.90. The fourth-order valence-electron chi connectivity index (χ4n) is 4.05. The number of aryl methyl sites for hydroxylation is 1. The Morgan fingerprint density at radius 3 is 2.40 bits per heavy atom. The molecule has 1 N–H and O–H groups in total. The van der Waals surface area contributed by atoms with Gasteiger partial charge in [-0.1, -0.05) is 32.9 Å². The number of rotatable bonds is 10. The Bertz CT molecular complexity index is 786. The molecule has 1 heterocycles. The van der Waals surface area contributed by atoms with E-state index in [9.17, 15) is 13.2 Å². The lowest BCUT2D eigenvalue weighted by molar-refractivity contribution is -0.121. The van der Waals surface area contributed by atoms with Gasteiger partial charge in [0.2, 0.25) is 15.9 Å². The van der Waals surface area contributed by atoms with E-state index in [2.05, 4.69) is 31.0 Å². The molecule has 0 aromatic heterocycles. The smallest absolute Gasteiger partial charge is 0.243 e. The molecule has 1 aliphatic heterocycles. The van der Waals surface area contributed by atoms with Crippen LogP contribution >= 0.6 is 0 Å². The molecule has 1 amide bonds. The molecule has 30 heavy (non-hydrogen) atoms. The van der Waals surface area contributed by atoms with Crippen molar-refractivity contribution in [3.8, 4) is 0 Å². The first-order valence-electron chi connectivity index (χ1n) is 11.2. The number of hydrogen-bond donors (Lipinski definition) is 1. The molecular formula is C23H39N3O3S. The van der Waals surface area contributed by atoms with E-state index in [0.717, 1.165) is 18.7 Å². The first kappa shape index (κ1) is 24.8. The number of carbonyl (C=O) groups is 1. The third-order valence-corrected chi connectivity index (χ3v) is 8.20. The predicted octanol–water partition coefficient (Wildman–Crippen LogP) is 3.28. The minimum atomic E-state index is -3.44. The Labute approximate surface area is 183 Å². The van der Waals surface area contributed by atoms with Crippen molar-refractivity contribution in [1.82, 2.24) is 14.5 Å². The van der Waals surface area contributed by atoms with Crippen LogP contribution in [0.2, 0.25) is 0 Å². The van der Waals surface area contributed by atoms with Crippen molar-refractivity contribution in [2.45, 2.75) is 70.7 Å². The van der Waals surface area contributed by atoms with E-state index >= 15 is 0 Å². The number of nitrogens with one attached hydrogen (secondary N) is 1. The quantitative estimate of drug-likeness (QED) is 0.610. The predicted molar refractivity (Wildman–Crippen MR) is 122 cm³/mol. The highest BCUT2D eigenvalue weighted by atomic mass is 32.2. The Hall–Kier alpha value is -1.44. The number of amides is 1. The molecule has 1 saturated heterocycles. The zero-order valence-corrected chi connectivity index (χ0v) is 20.1. The summed E-state index contributed by atoms with van der Waals surface area (Å²) in [4.78, 5) is 15.2. The maximum atomic E-state index is 12.6. The van der Waals surface area contributed by atoms with Gasteiger partial charge in [-0.25, -0.2) is 8.42 Å². The second-order valence-corrected chi connectivity index (χ2v) is 11.0. The molecule has 6 nitrogen and oxygen atoms in total. The second kappa shape index (κ2) is 10.7. The second-order valence-electron chi connectivity index (χ2n) is 9.02. The number of nitrogens with zero attached hydrogens (tertiary/aromatic N) is 2. The monoisotopic (exact) mass is 437 g/mol. The number of piperidine rings is 1. The van der Waals surface area contributed by atoms with Gasteiger partial charge in [0.25, 0.3) is 0 Å². The van der Waals surface area contributed by atoms with E-state index in [1.165, 1.54) is 17.1 Å². The summed E-state index contributed by atoms with van der Waals surface area (Å²) in [5.74, 6) is 0.746. The molecule has 1 aromatic rings. The molecule has 1 aliphatic rings. The molecule has 1 unspecified atom stereocenters. The summed E-state index contributed by atoms with van der Waals surface area (Å²) in [6.45, 7) is 14.1. The van der Waals surface area contributed by atoms with E-state index in [1.807, 2.05) is 26.0 Å². The molecule has 1 aromatic carbocycles. The van der Waals surface area contributed by atoms with E-state index in [-0.39, 0.29) is 11.4 Å². The maximum absolute atomic E-state index is 12.6. The van der Waals surface area contributed by atoms with Gasteiger partial charge in [0, 0.05) is 38.1 Å². The molecular weight excluding hydrogens is 398 g/mol. The molecule has 2 rings (SSSR count). The number of carbonyl (C=O) groups excluding carboxylic acids is 1. The lowest BCUT2D eigenvalue weighted by atomic mass is 9.93. The van der Waals surface area contributed by atoms with Crippen molar-refractivity contribution in [2.75, 3.05) is 32.7 Å². The summed E-state index contributed by atoms with van der Waals surface area (Å²) in [5, 5.41) is 3.09. The molecule has 1 fully saturated rings. The van der Waals surface area contributed by atoms with Crippen molar-refractivity contribution in [3.05, 3.63) is 29.8 Å². The highest BCUT2D eigenvalue weighted by molar-refractivity contribution is 7.89. The van der Waals surface area contributed by atoms with Gasteiger partial charge in [-0.15, -0.1) is 0 Å². The van der Waals surface area contributed by atoms with Crippen molar-refractivity contribution in [3.63, 3.8) is 0 Å². The van der Waals surface area contributed by atoms with E-state index < -0.39 is 10.0 Å². The summed E-state index contributed by atoms with van der Waals surface area (Å²) in [7, 11) is -3.44. The van der Waals surface area contributed by atoms with Crippen LogP contribution in [0.15, 0.2) is 29.2 Å². The van der Waals surface area contributed by atoms with Crippen molar-refractivity contribution in [1.29, 1.82) is 0 Å². The van der Waals surface area contributed by atoms with Gasteiger partial charge in [-0.2, -0.15) is 4.31 Å². The molecule has 0 radical (unpaired) electrons. The summed E-state index contributed by atoms with van der Waals surface area (Å²) >= 11 is 0. The molecule has 0 spiro atoms. The zero-order valence-electron chi connectivity index (χ0n) is 19.3. The highest BCUT2D eigenvalue weighted by Crippen LogP contribution is 2.23. The molecule has 170 valence electrons. The SMILES string of the molecule is CCN(CC)S(=O)(=O)c1ccc(CCC(=O)NCC(C)(C)N2CCCC(C)C2)cc1. The minimum absolute atomic E-state index is 0.0352. The van der Waals surface area contributed by atoms with Gasteiger partial charge in [-0.05, 0) is 63.3 Å². The topological polar surface area (TPSA) is 69.7 Å². The number of sulfonamides is 1. The third-order valence-electron chi connectivity index (χ3n) is 6.14. The fourth-order valence-corrected chi connectivity index (χ4v) is 5.51. The first-order chi connectivity index (χ1) is 14.1. The van der Waals surface area contributed by atoms with Crippen LogP contribution in [0, 0.1) is 5.92 Å². The van der Waals surface area contributed by atoms with Crippen LogP contribution in [0.5, 0.6) is 0 Å². The Kier molecular flexibility index (Phi) is 8.88. The molecule has 1 atom stereocenters. The van der Waals surface area contributed by atoms with Gasteiger partial charge < -0.3 is 5.32 Å². The number of likely N-dealkylation sites (tertiary alicyclic amines) is 1. The van der Waals surface area contributed by atoms with Crippen LogP contribution in [0.1, 0.15) is 59.4 Å². The van der Waals surface area contributed by atoms with Crippen molar-refractivity contribution >= 4 is 15.9 Å². The van der Waals surface area contributed by atoms with Crippen LogP contribution in [0.25, 0.3) is 0 Å². The van der Waals surface area contributed by atoms with Crippen LogP contribution in [0.3, 0.4) is 0 Å². The standard InChI is InChI=1S/C23H39N3O3S/c1-6-26(7-2)30(28,29)21-13-10-20(11-14-21)12-15-22(27)24-18-23(4,5)25-16-8-9-19(3)17-25/h10-11,13-14,19H,6-9,12,15-18H2,1-5H3,(H,24,27). The lowest BCUT2D eigenvalue weighted by Crippen LogP contribution is -2.54. The average Bonchev–Trinajstić information content (AvgIpc) is 2.72. The van der Waals surface area contributed by atoms with Gasteiger partial charge >= 0.3 is 0 Å². The fraction of sp³-hybridized carbons (Fsp3) is 0.696. The van der Waals surface area contributed by atoms with Gasteiger partial charge in [0.1, 0.15) is 0 Å². The van der Waals surface area contributed by atoms with Gasteiger partial charge in [-0.3, -0.25) is 9.69 Å². The minimum Gasteiger partial charge on any atom is -0.354 e. The summed E-state index contributed by atoms with van der Waals surface area (Å²) in [5.41, 5.74) is 0.915. The summed E-state index contributed by atoms with van der Waals surface area (Å²) < 4.78 is 26.6. The Morgan fingerprint density at radius 2 is 1.83 bits per heavy atom. The van der Waals surface area contributed by atoms with Crippen molar-refractivity contribution < 1.29 is 13.2 Å². The number of benzene rings is 1. The Balaban J connectivity index is 1.85. The maximum Gasteiger partial charge on any atom is 0.243 e. The van der Waals surface area contributed by atoms with Gasteiger partial charge in [0.15, 0.2) is 0 Å². The van der Waals surface area contributed by atoms with Crippen LogP contribution in [-0.4, -0.2) is 61.8 Å². The lowest BCUT2D eigenvalue weighted by Gasteiger charge is -2.43. The third kappa shape index (κ3) is 6.53.